The van der Waals surface area contributed by atoms with Crippen LogP contribution in [0.15, 0.2) is 47.2 Å². The molecule has 0 spiro atoms. The van der Waals surface area contributed by atoms with Crippen molar-refractivity contribution in [3.8, 4) is 5.69 Å². The summed E-state index contributed by atoms with van der Waals surface area (Å²) in [5.41, 5.74) is 1.67. The summed E-state index contributed by atoms with van der Waals surface area (Å²) in [5.74, 6) is 0.0502. The van der Waals surface area contributed by atoms with E-state index in [2.05, 4.69) is 15.9 Å². The molecule has 0 unspecified atom stereocenters. The lowest BCUT2D eigenvalue weighted by Crippen LogP contribution is -2.40. The number of carbonyl (C=O) groups excluding carboxylic acids is 1. The molecule has 0 radical (unpaired) electrons. The van der Waals surface area contributed by atoms with Crippen LogP contribution in [0.2, 0.25) is 0 Å². The van der Waals surface area contributed by atoms with Crippen molar-refractivity contribution in [2.45, 2.75) is 0 Å². The van der Waals surface area contributed by atoms with Gasteiger partial charge in [0, 0.05) is 35.6 Å². The normalized spacial score (nSPS) is 15.3. The Morgan fingerprint density at radius 1 is 1.15 bits per heavy atom. The fourth-order valence-corrected chi connectivity index (χ4v) is 2.70. The zero-order chi connectivity index (χ0) is 13.9. The van der Waals surface area contributed by atoms with Crippen LogP contribution in [-0.2, 0) is 4.74 Å². The summed E-state index contributed by atoms with van der Waals surface area (Å²) >= 11 is 3.47. The number of carbonyl (C=O) groups is 1. The Morgan fingerprint density at radius 2 is 1.85 bits per heavy atom. The molecular weight excluding hydrogens is 320 g/mol. The molecule has 0 saturated carbocycles. The molecule has 1 aliphatic rings. The van der Waals surface area contributed by atoms with E-state index < -0.39 is 0 Å². The lowest BCUT2D eigenvalue weighted by Gasteiger charge is -2.27. The first-order valence-electron chi connectivity index (χ1n) is 6.55. The molecule has 4 nitrogen and oxygen atoms in total. The predicted octanol–water partition coefficient (Wildman–Crippen LogP) is 2.71. The average molecular weight is 335 g/mol. The largest absolute Gasteiger partial charge is 0.378 e. The van der Waals surface area contributed by atoms with E-state index >= 15 is 0 Å². The van der Waals surface area contributed by atoms with Crippen molar-refractivity contribution in [2.24, 2.45) is 0 Å². The van der Waals surface area contributed by atoms with Crippen LogP contribution in [0.1, 0.15) is 10.4 Å². The molecule has 1 aromatic heterocycles. The Hall–Kier alpha value is -1.59. The summed E-state index contributed by atoms with van der Waals surface area (Å²) in [7, 11) is 0. The van der Waals surface area contributed by atoms with E-state index in [0.717, 1.165) is 10.2 Å². The lowest BCUT2D eigenvalue weighted by molar-refractivity contribution is 0.0302. The van der Waals surface area contributed by atoms with Crippen LogP contribution in [0.3, 0.4) is 0 Å². The van der Waals surface area contributed by atoms with E-state index in [0.29, 0.717) is 31.9 Å². The number of halogens is 1. The van der Waals surface area contributed by atoms with E-state index in [1.807, 2.05) is 52.2 Å². The molecule has 3 rings (SSSR count). The second-order valence-corrected chi connectivity index (χ2v) is 5.51. The van der Waals surface area contributed by atoms with Gasteiger partial charge in [0.15, 0.2) is 0 Å². The highest BCUT2D eigenvalue weighted by atomic mass is 79.9. The van der Waals surface area contributed by atoms with Gasteiger partial charge >= 0.3 is 0 Å². The molecule has 0 aliphatic carbocycles. The topological polar surface area (TPSA) is 34.5 Å². The van der Waals surface area contributed by atoms with Gasteiger partial charge in [-0.1, -0.05) is 0 Å². The smallest absolute Gasteiger partial charge is 0.255 e. The molecule has 0 N–H and O–H groups in total. The molecule has 20 heavy (non-hydrogen) atoms. The quantitative estimate of drug-likeness (QED) is 0.846. The third-order valence-corrected chi connectivity index (χ3v) is 4.07. The fourth-order valence-electron chi connectivity index (χ4n) is 2.28. The number of aromatic nitrogens is 1. The summed E-state index contributed by atoms with van der Waals surface area (Å²) in [6.07, 6.45) is 3.93. The van der Waals surface area contributed by atoms with Crippen LogP contribution in [0, 0.1) is 0 Å². The van der Waals surface area contributed by atoms with Gasteiger partial charge in [-0.3, -0.25) is 4.79 Å². The van der Waals surface area contributed by atoms with Crippen molar-refractivity contribution >= 4 is 21.8 Å². The zero-order valence-corrected chi connectivity index (χ0v) is 12.5. The third-order valence-electron chi connectivity index (χ3n) is 3.38. The molecule has 1 saturated heterocycles. The minimum absolute atomic E-state index is 0.0502. The Labute approximate surface area is 126 Å². The van der Waals surface area contributed by atoms with Gasteiger partial charge in [-0.05, 0) is 46.3 Å². The zero-order valence-electron chi connectivity index (χ0n) is 11.0. The second-order valence-electron chi connectivity index (χ2n) is 4.66. The van der Waals surface area contributed by atoms with Gasteiger partial charge in [-0.15, -0.1) is 0 Å². The number of amides is 1. The lowest BCUT2D eigenvalue weighted by atomic mass is 10.1. The van der Waals surface area contributed by atoms with Crippen molar-refractivity contribution < 1.29 is 9.53 Å². The molecule has 2 heterocycles. The van der Waals surface area contributed by atoms with Crippen molar-refractivity contribution in [3.63, 3.8) is 0 Å². The number of hydrogen-bond acceptors (Lipinski definition) is 2. The molecule has 104 valence electrons. The molecule has 1 amide bonds. The number of nitrogens with zero attached hydrogens (tertiary/aromatic N) is 2. The Kier molecular flexibility index (Phi) is 3.89. The fraction of sp³-hybridized carbons (Fsp3) is 0.267. The molecular formula is C15H15BrN2O2. The van der Waals surface area contributed by atoms with Crippen LogP contribution >= 0.6 is 15.9 Å². The van der Waals surface area contributed by atoms with E-state index in [1.165, 1.54) is 0 Å². The van der Waals surface area contributed by atoms with Gasteiger partial charge in [-0.25, -0.2) is 0 Å². The first-order chi connectivity index (χ1) is 9.75. The molecule has 1 aromatic carbocycles. The van der Waals surface area contributed by atoms with Crippen LogP contribution in [-0.4, -0.2) is 41.7 Å². The first-order valence-corrected chi connectivity index (χ1v) is 7.35. The summed E-state index contributed by atoms with van der Waals surface area (Å²) < 4.78 is 8.10. The van der Waals surface area contributed by atoms with Crippen LogP contribution in [0.4, 0.5) is 0 Å². The maximum absolute atomic E-state index is 12.6. The van der Waals surface area contributed by atoms with Gasteiger partial charge in [0.25, 0.3) is 5.91 Å². The Balaban J connectivity index is 1.92. The highest BCUT2D eigenvalue weighted by Gasteiger charge is 2.20. The van der Waals surface area contributed by atoms with Crippen LogP contribution < -0.4 is 0 Å². The molecule has 0 atom stereocenters. The predicted molar refractivity (Wildman–Crippen MR) is 80.2 cm³/mol. The number of benzene rings is 1. The maximum Gasteiger partial charge on any atom is 0.255 e. The van der Waals surface area contributed by atoms with Crippen LogP contribution in [0.5, 0.6) is 0 Å². The van der Waals surface area contributed by atoms with Gasteiger partial charge in [0.05, 0.1) is 18.8 Å². The number of hydrogen-bond donors (Lipinski definition) is 0. The highest BCUT2D eigenvalue weighted by Crippen LogP contribution is 2.22. The standard InChI is InChI=1S/C15H15BrN2O2/c16-14-4-3-12(17-5-1-2-6-17)11-13(14)15(19)18-7-9-20-10-8-18/h1-6,11H,7-10H2. The van der Waals surface area contributed by atoms with Crippen molar-refractivity contribution in [2.75, 3.05) is 26.3 Å². The van der Waals surface area contributed by atoms with E-state index in [4.69, 9.17) is 4.74 Å². The molecule has 2 aromatic rings. The summed E-state index contributed by atoms with van der Waals surface area (Å²) in [6, 6.07) is 9.75. The van der Waals surface area contributed by atoms with Gasteiger partial charge < -0.3 is 14.2 Å². The molecule has 1 fully saturated rings. The molecule has 0 bridgehead atoms. The summed E-state index contributed by atoms with van der Waals surface area (Å²) in [5, 5.41) is 0. The molecule has 5 heteroatoms. The monoisotopic (exact) mass is 334 g/mol. The number of morpholine rings is 1. The number of rotatable bonds is 2. The van der Waals surface area contributed by atoms with Crippen molar-refractivity contribution in [1.29, 1.82) is 0 Å². The Bertz CT molecular complexity index is 604. The van der Waals surface area contributed by atoms with E-state index in [-0.39, 0.29) is 5.91 Å². The minimum atomic E-state index is 0.0502. The van der Waals surface area contributed by atoms with Crippen molar-refractivity contribution in [1.82, 2.24) is 9.47 Å². The van der Waals surface area contributed by atoms with E-state index in [9.17, 15) is 4.79 Å². The summed E-state index contributed by atoms with van der Waals surface area (Å²) in [4.78, 5) is 14.4. The SMILES string of the molecule is O=C(c1cc(-n2cccc2)ccc1Br)N1CCOCC1. The second kappa shape index (κ2) is 5.81. The van der Waals surface area contributed by atoms with Crippen molar-refractivity contribution in [3.05, 3.63) is 52.8 Å². The summed E-state index contributed by atoms with van der Waals surface area (Å²) in [6.45, 7) is 2.53. The Morgan fingerprint density at radius 3 is 2.55 bits per heavy atom. The van der Waals surface area contributed by atoms with E-state index in [1.54, 1.807) is 0 Å². The minimum Gasteiger partial charge on any atom is -0.378 e. The first kappa shape index (κ1) is 13.4. The maximum atomic E-state index is 12.6. The van der Waals surface area contributed by atoms with Gasteiger partial charge in [0.1, 0.15) is 0 Å². The number of ether oxygens (including phenoxy) is 1. The third kappa shape index (κ3) is 2.64. The highest BCUT2D eigenvalue weighted by molar-refractivity contribution is 9.10. The van der Waals surface area contributed by atoms with Crippen LogP contribution in [0.25, 0.3) is 5.69 Å². The molecule has 1 aliphatic heterocycles. The van der Waals surface area contributed by atoms with Gasteiger partial charge in [-0.2, -0.15) is 0 Å². The average Bonchev–Trinajstić information content (AvgIpc) is 3.02. The van der Waals surface area contributed by atoms with Gasteiger partial charge in [0.2, 0.25) is 0 Å².